The van der Waals surface area contributed by atoms with Gasteiger partial charge in [0.2, 0.25) is 0 Å². The van der Waals surface area contributed by atoms with Gasteiger partial charge in [-0.2, -0.15) is 0 Å². The molecule has 3 aromatic carbocycles. The van der Waals surface area contributed by atoms with Gasteiger partial charge in [-0.15, -0.1) is 0 Å². The molecule has 0 aliphatic rings. The molecule has 1 amide bonds. The van der Waals surface area contributed by atoms with Crippen molar-refractivity contribution < 1.29 is 22.5 Å². The van der Waals surface area contributed by atoms with Gasteiger partial charge in [-0.1, -0.05) is 65.7 Å². The van der Waals surface area contributed by atoms with Crippen molar-refractivity contribution in [3.63, 3.8) is 0 Å². The van der Waals surface area contributed by atoms with Crippen molar-refractivity contribution in [1.29, 1.82) is 0 Å². The van der Waals surface area contributed by atoms with Gasteiger partial charge >= 0.3 is 0 Å². The number of nitrogens with one attached hydrogen (secondary N) is 1. The van der Waals surface area contributed by atoms with E-state index in [0.29, 0.717) is 18.3 Å². The minimum Gasteiger partial charge on any atom is -0.358 e. The summed E-state index contributed by atoms with van der Waals surface area (Å²) < 4.78 is 29.3. The Bertz CT molecular complexity index is 1310. The van der Waals surface area contributed by atoms with Gasteiger partial charge in [-0.3, -0.25) is 4.79 Å². The Morgan fingerprint density at radius 1 is 1.03 bits per heavy atom. The van der Waals surface area contributed by atoms with E-state index in [0.717, 1.165) is 23.3 Å². The van der Waals surface area contributed by atoms with Crippen molar-refractivity contribution in [1.82, 2.24) is 5.32 Å². The van der Waals surface area contributed by atoms with E-state index in [9.17, 15) is 18.0 Å². The van der Waals surface area contributed by atoms with Crippen LogP contribution in [0.1, 0.15) is 21.5 Å². The molecule has 1 N–H and O–H groups in total. The zero-order valence-corrected chi connectivity index (χ0v) is 23.0. The molecular weight excluding hydrogens is 540 g/mol. The zero-order chi connectivity index (χ0) is 26.3. The number of aldehydes is 1. The number of hydrogen-bond donors (Lipinski definition) is 1. The molecule has 0 bridgehead atoms. The minimum atomic E-state index is -3.39. The molecule has 36 heavy (non-hydrogen) atoms. The zero-order valence-electron chi connectivity index (χ0n) is 19.8. The molecule has 0 fully saturated rings. The summed E-state index contributed by atoms with van der Waals surface area (Å²) >= 11 is 12.9. The van der Waals surface area contributed by atoms with Gasteiger partial charge in [-0.25, -0.2) is 8.42 Å². The minimum absolute atomic E-state index is 0.0795. The normalized spacial score (nSPS) is 13.1. The second kappa shape index (κ2) is 12.8. The van der Waals surface area contributed by atoms with Gasteiger partial charge in [0.1, 0.15) is 6.29 Å². The highest BCUT2D eigenvalue weighted by atomic mass is 35.5. The Morgan fingerprint density at radius 2 is 1.69 bits per heavy atom. The van der Waals surface area contributed by atoms with Gasteiger partial charge in [0.05, 0.1) is 34.7 Å². The van der Waals surface area contributed by atoms with E-state index in [2.05, 4.69) is 5.32 Å². The van der Waals surface area contributed by atoms with Crippen molar-refractivity contribution in [3.05, 3.63) is 93.5 Å². The molecule has 6 nitrogen and oxygen atoms in total. The number of amides is 1. The molecule has 2 atom stereocenters. The van der Waals surface area contributed by atoms with Crippen LogP contribution in [0.2, 0.25) is 10.0 Å². The molecule has 0 radical (unpaired) electrons. The van der Waals surface area contributed by atoms with Gasteiger partial charge in [0, 0.05) is 24.8 Å². The van der Waals surface area contributed by atoms with E-state index in [1.165, 1.54) is 12.1 Å². The molecule has 0 aromatic heterocycles. The Kier molecular flexibility index (Phi) is 10.1. The summed E-state index contributed by atoms with van der Waals surface area (Å²) in [7, 11) is -2.51. The molecule has 0 saturated heterocycles. The first-order chi connectivity index (χ1) is 17.1. The SMILES string of the molecule is COP(CCc1cc(Cl)c(C(=O)NC(C=O)Cc2cccc(S(C)(=O)=O)c2)c(Cl)c1)c1ccccc1. The fourth-order valence-corrected chi connectivity index (χ4v) is 6.68. The van der Waals surface area contributed by atoms with Crippen LogP contribution in [0.25, 0.3) is 0 Å². The largest absolute Gasteiger partial charge is 0.358 e. The average molecular weight is 566 g/mol. The molecule has 0 spiro atoms. The van der Waals surface area contributed by atoms with Crippen LogP contribution >= 0.6 is 31.4 Å². The standard InChI is InChI=1S/C26H26Cl2NO5PS/c1-34-35(21-8-4-3-5-9-21)12-11-19-15-23(27)25(24(28)16-19)26(31)29-20(17-30)13-18-7-6-10-22(14-18)36(2,32)33/h3-10,14-17,20H,11-13H2,1-2H3,(H,29,31). The average Bonchev–Trinajstić information content (AvgIpc) is 2.84. The molecule has 0 aliphatic heterocycles. The van der Waals surface area contributed by atoms with E-state index >= 15 is 0 Å². The van der Waals surface area contributed by atoms with Crippen molar-refractivity contribution in [2.24, 2.45) is 0 Å². The van der Waals surface area contributed by atoms with E-state index in [4.69, 9.17) is 27.7 Å². The molecule has 190 valence electrons. The Labute approximate surface area is 222 Å². The molecule has 0 saturated carbocycles. The topological polar surface area (TPSA) is 89.5 Å². The second-order valence-electron chi connectivity index (χ2n) is 8.14. The highest BCUT2D eigenvalue weighted by Gasteiger charge is 2.21. The van der Waals surface area contributed by atoms with Crippen LogP contribution in [-0.4, -0.2) is 46.2 Å². The van der Waals surface area contributed by atoms with Gasteiger partial charge < -0.3 is 14.6 Å². The van der Waals surface area contributed by atoms with Gasteiger partial charge in [0.15, 0.2) is 9.84 Å². The van der Waals surface area contributed by atoms with Crippen molar-refractivity contribution in [3.8, 4) is 0 Å². The number of sulfone groups is 1. The van der Waals surface area contributed by atoms with Crippen molar-refractivity contribution >= 4 is 58.7 Å². The lowest BCUT2D eigenvalue weighted by Gasteiger charge is -2.17. The van der Waals surface area contributed by atoms with Crippen LogP contribution in [0.5, 0.6) is 0 Å². The summed E-state index contributed by atoms with van der Waals surface area (Å²) in [6.45, 7) is 0. The first kappa shape index (κ1) is 28.3. The maximum absolute atomic E-state index is 12.9. The predicted molar refractivity (Wildman–Crippen MR) is 146 cm³/mol. The molecule has 10 heteroatoms. The van der Waals surface area contributed by atoms with Crippen LogP contribution in [0.15, 0.2) is 71.6 Å². The molecule has 3 aromatic rings. The maximum atomic E-state index is 12.9. The fraction of sp³-hybridized carbons (Fsp3) is 0.231. The Morgan fingerprint density at radius 3 is 2.28 bits per heavy atom. The molecular formula is C26H26Cl2NO5PS. The van der Waals surface area contributed by atoms with Crippen molar-refractivity contribution in [2.45, 2.75) is 23.8 Å². The quantitative estimate of drug-likeness (QED) is 0.265. The van der Waals surface area contributed by atoms with Crippen LogP contribution in [0.4, 0.5) is 0 Å². The predicted octanol–water partition coefficient (Wildman–Crippen LogP) is 4.85. The van der Waals surface area contributed by atoms with Crippen LogP contribution in [-0.2, 0) is 32.0 Å². The monoisotopic (exact) mass is 565 g/mol. The first-order valence-corrected chi connectivity index (χ1v) is 15.1. The molecule has 3 rings (SSSR count). The van der Waals surface area contributed by atoms with Gasteiger partial charge in [0.25, 0.3) is 5.91 Å². The number of benzene rings is 3. The smallest absolute Gasteiger partial charge is 0.254 e. The molecule has 0 heterocycles. The molecule has 2 unspecified atom stereocenters. The molecule has 0 aliphatic carbocycles. The third kappa shape index (κ3) is 7.61. The Balaban J connectivity index is 1.70. The lowest BCUT2D eigenvalue weighted by Crippen LogP contribution is -2.38. The summed E-state index contributed by atoms with van der Waals surface area (Å²) in [5.74, 6) is -0.587. The lowest BCUT2D eigenvalue weighted by molar-refractivity contribution is -0.109. The van der Waals surface area contributed by atoms with E-state index in [-0.39, 0.29) is 26.9 Å². The van der Waals surface area contributed by atoms with Gasteiger partial charge in [-0.05, 0) is 48.2 Å². The third-order valence-corrected chi connectivity index (χ3v) is 9.11. The summed E-state index contributed by atoms with van der Waals surface area (Å²) in [5, 5.41) is 4.12. The highest BCUT2D eigenvalue weighted by Crippen LogP contribution is 2.36. The number of rotatable bonds is 11. The number of aryl methyl sites for hydroxylation is 1. The van der Waals surface area contributed by atoms with E-state index in [1.807, 2.05) is 30.3 Å². The van der Waals surface area contributed by atoms with E-state index in [1.54, 1.807) is 31.4 Å². The number of carbonyl (C=O) groups is 2. The van der Waals surface area contributed by atoms with Crippen LogP contribution < -0.4 is 10.6 Å². The second-order valence-corrected chi connectivity index (χ2v) is 13.1. The van der Waals surface area contributed by atoms with Crippen LogP contribution in [0.3, 0.4) is 0 Å². The van der Waals surface area contributed by atoms with E-state index < -0.39 is 29.9 Å². The first-order valence-electron chi connectivity index (χ1n) is 11.0. The number of carbonyl (C=O) groups excluding carboxylic acids is 2. The summed E-state index contributed by atoms with van der Waals surface area (Å²) in [5.41, 5.74) is 1.54. The summed E-state index contributed by atoms with van der Waals surface area (Å²) in [4.78, 5) is 24.7. The lowest BCUT2D eigenvalue weighted by atomic mass is 10.1. The van der Waals surface area contributed by atoms with Crippen molar-refractivity contribution in [2.75, 3.05) is 19.5 Å². The third-order valence-electron chi connectivity index (χ3n) is 5.46. The maximum Gasteiger partial charge on any atom is 0.254 e. The highest BCUT2D eigenvalue weighted by molar-refractivity contribution is 7.90. The Hall–Kier alpha value is -2.28. The summed E-state index contributed by atoms with van der Waals surface area (Å²) in [6.07, 6.45) is 3.23. The summed E-state index contributed by atoms with van der Waals surface area (Å²) in [6, 6.07) is 18.7. The van der Waals surface area contributed by atoms with Crippen LogP contribution in [0, 0.1) is 0 Å². The number of halogens is 2. The fourth-order valence-electron chi connectivity index (χ4n) is 3.67. The number of hydrogen-bond acceptors (Lipinski definition) is 5.